The van der Waals surface area contributed by atoms with Crippen molar-refractivity contribution >= 4 is 28.4 Å². The van der Waals surface area contributed by atoms with Gasteiger partial charge in [-0.2, -0.15) is 0 Å². The zero-order valence-electron chi connectivity index (χ0n) is 13.8. The Morgan fingerprint density at radius 3 is 3.04 bits per heavy atom. The Morgan fingerprint density at radius 2 is 2.28 bits per heavy atom. The summed E-state index contributed by atoms with van der Waals surface area (Å²) in [5.41, 5.74) is 2.31. The molecule has 0 spiro atoms. The maximum Gasteiger partial charge on any atom is 0.268 e. The van der Waals surface area contributed by atoms with Crippen LogP contribution in [-0.4, -0.2) is 21.6 Å². The number of aromatic nitrogens is 2. The van der Waals surface area contributed by atoms with Crippen molar-refractivity contribution in [1.29, 1.82) is 0 Å². The maximum absolute atomic E-state index is 12.8. The lowest BCUT2D eigenvalue weighted by molar-refractivity contribution is 0.0934. The first-order chi connectivity index (χ1) is 12.2. The third-order valence-corrected chi connectivity index (χ3v) is 4.82. The van der Waals surface area contributed by atoms with E-state index in [0.717, 1.165) is 28.8 Å². The molecule has 2 aromatic heterocycles. The van der Waals surface area contributed by atoms with Crippen LogP contribution < -0.4 is 10.1 Å². The summed E-state index contributed by atoms with van der Waals surface area (Å²) in [4.78, 5) is 17.0. The van der Waals surface area contributed by atoms with Gasteiger partial charge in [-0.3, -0.25) is 9.78 Å². The number of carbonyl (C=O) groups is 1. The molecule has 3 aromatic rings. The van der Waals surface area contributed by atoms with E-state index in [4.69, 9.17) is 16.3 Å². The van der Waals surface area contributed by atoms with Gasteiger partial charge in [-0.15, -0.1) is 0 Å². The van der Waals surface area contributed by atoms with Crippen LogP contribution in [-0.2, 0) is 13.1 Å². The standard InChI is InChI=1S/C19H18ClN3O2/c1-2-13-11-23-16(19(24)22-10-12-5-3-4-8-21-12)9-14-15(20)6-7-17(25-13)18(14)23/h3-9,13H,2,10-11H2,1H3,(H,22,24)/t13-/m1/s1. The van der Waals surface area contributed by atoms with Gasteiger partial charge < -0.3 is 14.6 Å². The fourth-order valence-corrected chi connectivity index (χ4v) is 3.39. The zero-order valence-corrected chi connectivity index (χ0v) is 14.6. The molecule has 0 saturated heterocycles. The highest BCUT2D eigenvalue weighted by Gasteiger charge is 2.26. The van der Waals surface area contributed by atoms with Crippen molar-refractivity contribution in [3.05, 3.63) is 59.0 Å². The van der Waals surface area contributed by atoms with E-state index in [9.17, 15) is 4.79 Å². The van der Waals surface area contributed by atoms with E-state index >= 15 is 0 Å². The third kappa shape index (κ3) is 2.85. The van der Waals surface area contributed by atoms with Crippen molar-refractivity contribution in [2.24, 2.45) is 0 Å². The molecule has 0 unspecified atom stereocenters. The molecule has 1 amide bonds. The number of halogens is 1. The monoisotopic (exact) mass is 355 g/mol. The van der Waals surface area contributed by atoms with Crippen molar-refractivity contribution in [3.63, 3.8) is 0 Å². The minimum Gasteiger partial charge on any atom is -0.486 e. The molecule has 0 radical (unpaired) electrons. The first-order valence-corrected chi connectivity index (χ1v) is 8.71. The lowest BCUT2D eigenvalue weighted by Gasteiger charge is -2.26. The number of ether oxygens (including phenoxy) is 1. The van der Waals surface area contributed by atoms with Gasteiger partial charge in [-0.25, -0.2) is 0 Å². The average Bonchev–Trinajstić information content (AvgIpc) is 3.04. The summed E-state index contributed by atoms with van der Waals surface area (Å²) in [6.07, 6.45) is 2.63. The van der Waals surface area contributed by atoms with E-state index < -0.39 is 0 Å². The van der Waals surface area contributed by atoms with Crippen molar-refractivity contribution in [2.75, 3.05) is 0 Å². The predicted molar refractivity (Wildman–Crippen MR) is 97.1 cm³/mol. The minimum atomic E-state index is -0.138. The van der Waals surface area contributed by atoms with Crippen LogP contribution in [0.25, 0.3) is 10.9 Å². The highest BCUT2D eigenvalue weighted by Crippen LogP contribution is 2.38. The van der Waals surface area contributed by atoms with Gasteiger partial charge in [0.15, 0.2) is 0 Å². The van der Waals surface area contributed by atoms with Crippen LogP contribution in [0, 0.1) is 0 Å². The Kier molecular flexibility index (Phi) is 4.09. The third-order valence-electron chi connectivity index (χ3n) is 4.49. The van der Waals surface area contributed by atoms with Crippen LogP contribution in [0.15, 0.2) is 42.6 Å². The van der Waals surface area contributed by atoms with Crippen molar-refractivity contribution < 1.29 is 9.53 Å². The molecule has 1 aliphatic heterocycles. The minimum absolute atomic E-state index is 0.0478. The van der Waals surface area contributed by atoms with Crippen LogP contribution in [0.2, 0.25) is 5.02 Å². The van der Waals surface area contributed by atoms with Crippen LogP contribution >= 0.6 is 11.6 Å². The molecule has 6 heteroatoms. The fourth-order valence-electron chi connectivity index (χ4n) is 3.18. The molecular weight excluding hydrogens is 338 g/mol. The number of nitrogens with zero attached hydrogens (tertiary/aromatic N) is 2. The number of hydrogen-bond acceptors (Lipinski definition) is 3. The predicted octanol–water partition coefficient (Wildman–Crippen LogP) is 3.79. The van der Waals surface area contributed by atoms with E-state index in [2.05, 4.69) is 17.2 Å². The molecule has 0 bridgehead atoms. The molecule has 0 saturated carbocycles. The molecule has 0 fully saturated rings. The first-order valence-electron chi connectivity index (χ1n) is 8.34. The van der Waals surface area contributed by atoms with Gasteiger partial charge in [-0.1, -0.05) is 24.6 Å². The lowest BCUT2D eigenvalue weighted by Crippen LogP contribution is -2.31. The number of nitrogens with one attached hydrogen (secondary N) is 1. The van der Waals surface area contributed by atoms with E-state index in [1.807, 2.05) is 41.0 Å². The Balaban J connectivity index is 1.69. The second-order valence-electron chi connectivity index (χ2n) is 6.10. The van der Waals surface area contributed by atoms with Crippen molar-refractivity contribution in [3.8, 4) is 5.75 Å². The van der Waals surface area contributed by atoms with Crippen molar-refractivity contribution in [2.45, 2.75) is 32.5 Å². The smallest absolute Gasteiger partial charge is 0.268 e. The number of benzene rings is 1. The maximum atomic E-state index is 12.8. The van der Waals surface area contributed by atoms with Gasteiger partial charge in [0.05, 0.1) is 29.3 Å². The second-order valence-corrected chi connectivity index (χ2v) is 6.51. The molecule has 25 heavy (non-hydrogen) atoms. The van der Waals surface area contributed by atoms with Crippen molar-refractivity contribution in [1.82, 2.24) is 14.9 Å². The highest BCUT2D eigenvalue weighted by molar-refractivity contribution is 6.36. The van der Waals surface area contributed by atoms with Crippen LogP contribution in [0.5, 0.6) is 5.75 Å². The number of carbonyl (C=O) groups excluding carboxylic acids is 1. The van der Waals surface area contributed by atoms with E-state index in [1.54, 1.807) is 6.20 Å². The number of amides is 1. The molecule has 4 rings (SSSR count). The topological polar surface area (TPSA) is 56.2 Å². The highest BCUT2D eigenvalue weighted by atomic mass is 35.5. The molecule has 1 atom stereocenters. The Morgan fingerprint density at radius 1 is 1.40 bits per heavy atom. The zero-order chi connectivity index (χ0) is 17.4. The Bertz CT molecular complexity index is 937. The summed E-state index contributed by atoms with van der Waals surface area (Å²) in [6.45, 7) is 3.10. The summed E-state index contributed by atoms with van der Waals surface area (Å²) in [7, 11) is 0. The molecule has 3 heterocycles. The van der Waals surface area contributed by atoms with E-state index in [-0.39, 0.29) is 12.0 Å². The summed E-state index contributed by atoms with van der Waals surface area (Å²) in [5, 5.41) is 4.40. The molecule has 1 aliphatic rings. The molecule has 5 nitrogen and oxygen atoms in total. The molecule has 128 valence electrons. The summed E-state index contributed by atoms with van der Waals surface area (Å²) >= 11 is 6.33. The Labute approximate surface area is 150 Å². The van der Waals surface area contributed by atoms with Crippen LogP contribution in [0.3, 0.4) is 0 Å². The lowest BCUT2D eigenvalue weighted by atomic mass is 10.2. The molecular formula is C19H18ClN3O2. The number of hydrogen-bond donors (Lipinski definition) is 1. The second kappa shape index (κ2) is 6.41. The van der Waals surface area contributed by atoms with Crippen LogP contribution in [0.4, 0.5) is 0 Å². The van der Waals surface area contributed by atoms with Gasteiger partial charge >= 0.3 is 0 Å². The summed E-state index contributed by atoms with van der Waals surface area (Å²) in [6, 6.07) is 11.2. The number of pyridine rings is 1. The van der Waals surface area contributed by atoms with Crippen LogP contribution in [0.1, 0.15) is 29.5 Å². The van der Waals surface area contributed by atoms with Gasteiger partial charge in [0.2, 0.25) is 0 Å². The van der Waals surface area contributed by atoms with Gasteiger partial charge in [0, 0.05) is 11.6 Å². The normalized spacial score (nSPS) is 15.8. The number of rotatable bonds is 4. The summed E-state index contributed by atoms with van der Waals surface area (Å²) in [5.74, 6) is 0.641. The van der Waals surface area contributed by atoms with Gasteiger partial charge in [-0.05, 0) is 36.8 Å². The SMILES string of the molecule is CC[C@@H]1Cn2c(C(=O)NCc3ccccn3)cc3c(Cl)ccc(c32)O1. The van der Waals surface area contributed by atoms with E-state index in [0.29, 0.717) is 23.8 Å². The molecule has 1 aromatic carbocycles. The quantitative estimate of drug-likeness (QED) is 0.774. The Hall–Kier alpha value is -2.53. The fraction of sp³-hybridized carbons (Fsp3) is 0.263. The molecule has 0 aliphatic carbocycles. The largest absolute Gasteiger partial charge is 0.486 e. The average molecular weight is 356 g/mol. The first kappa shape index (κ1) is 16.0. The van der Waals surface area contributed by atoms with Gasteiger partial charge in [0.1, 0.15) is 17.5 Å². The van der Waals surface area contributed by atoms with Gasteiger partial charge in [0.25, 0.3) is 5.91 Å². The van der Waals surface area contributed by atoms with E-state index in [1.165, 1.54) is 0 Å². The summed E-state index contributed by atoms with van der Waals surface area (Å²) < 4.78 is 8.03. The molecule has 1 N–H and O–H groups in total.